The zero-order chi connectivity index (χ0) is 17.0. The number of β-amino-alcohol motifs (C(OH)–C–C–N with tert-alkyl or cyclic N) is 1. The van der Waals surface area contributed by atoms with Crippen LogP contribution in [0, 0.1) is 0 Å². The van der Waals surface area contributed by atoms with Crippen LogP contribution in [0.15, 0.2) is 24.3 Å². The van der Waals surface area contributed by atoms with Gasteiger partial charge in [0.05, 0.1) is 19.3 Å². The second-order valence-corrected chi connectivity index (χ2v) is 6.69. The molecule has 3 N–H and O–H groups in total. The fraction of sp³-hybridized carbons (Fsp3) is 0.611. The molecule has 2 aliphatic heterocycles. The number of ether oxygens (including phenoxy) is 2. The van der Waals surface area contributed by atoms with Crippen LogP contribution in [0.4, 0.5) is 0 Å². The lowest BCUT2D eigenvalue weighted by Gasteiger charge is -2.38. The molecule has 7 heteroatoms. The molecule has 2 atom stereocenters. The van der Waals surface area contributed by atoms with E-state index in [2.05, 4.69) is 22.8 Å². The number of nitrogens with one attached hydrogen (secondary N) is 2. The topological polar surface area (TPSA) is 79.8 Å². The molecule has 2 aliphatic rings. The molecule has 3 rings (SSSR count). The lowest BCUT2D eigenvalue weighted by Crippen LogP contribution is -2.48. The minimum Gasteiger partial charge on any atom is -0.497 e. The second kappa shape index (κ2) is 8.85. The third kappa shape index (κ3) is 4.64. The maximum absolute atomic E-state index is 12.4. The Hall–Kier alpha value is -1.34. The molecule has 6 nitrogen and oxygen atoms in total. The molecule has 2 heterocycles. The third-order valence-electron chi connectivity index (χ3n) is 5.18. The Morgan fingerprint density at radius 3 is 2.60 bits per heavy atom. The highest BCUT2D eigenvalue weighted by atomic mass is 35.5. The van der Waals surface area contributed by atoms with Gasteiger partial charge in [0, 0.05) is 31.7 Å². The highest BCUT2D eigenvalue weighted by Gasteiger charge is 2.36. The number of hydrogen-bond donors (Lipinski definition) is 3. The average Bonchev–Trinajstić information content (AvgIpc) is 3.07. The molecule has 25 heavy (non-hydrogen) atoms. The molecule has 1 aromatic carbocycles. The summed E-state index contributed by atoms with van der Waals surface area (Å²) in [5.74, 6) is 0.792. The molecular formula is C18H27ClN2O4. The van der Waals surface area contributed by atoms with Crippen LogP contribution in [0.5, 0.6) is 5.75 Å². The van der Waals surface area contributed by atoms with E-state index in [0.29, 0.717) is 32.7 Å². The summed E-state index contributed by atoms with van der Waals surface area (Å²) < 4.78 is 10.8. The number of methoxy groups -OCH3 is 1. The SMILES string of the molecule is COc1ccc(C2(CNC(=O)C3CC(O)CN3)CCOCC2)cc1.Cl. The van der Waals surface area contributed by atoms with Crippen LogP contribution in [-0.2, 0) is 14.9 Å². The maximum atomic E-state index is 12.4. The molecule has 0 aromatic heterocycles. The number of carbonyl (C=O) groups is 1. The second-order valence-electron chi connectivity index (χ2n) is 6.69. The number of rotatable bonds is 5. The van der Waals surface area contributed by atoms with Crippen LogP contribution < -0.4 is 15.4 Å². The maximum Gasteiger partial charge on any atom is 0.237 e. The van der Waals surface area contributed by atoms with E-state index in [-0.39, 0.29) is 29.8 Å². The van der Waals surface area contributed by atoms with E-state index in [0.717, 1.165) is 18.6 Å². The number of hydrogen-bond acceptors (Lipinski definition) is 5. The van der Waals surface area contributed by atoms with Crippen molar-refractivity contribution < 1.29 is 19.4 Å². The fourth-order valence-electron chi connectivity index (χ4n) is 3.57. The van der Waals surface area contributed by atoms with Gasteiger partial charge >= 0.3 is 0 Å². The number of benzene rings is 1. The van der Waals surface area contributed by atoms with Crippen molar-refractivity contribution in [2.24, 2.45) is 0 Å². The lowest BCUT2D eigenvalue weighted by atomic mass is 9.74. The molecule has 140 valence electrons. The number of aliphatic hydroxyl groups is 1. The smallest absolute Gasteiger partial charge is 0.237 e. The molecule has 2 fully saturated rings. The van der Waals surface area contributed by atoms with E-state index in [4.69, 9.17) is 9.47 Å². The first-order valence-electron chi connectivity index (χ1n) is 8.54. The lowest BCUT2D eigenvalue weighted by molar-refractivity contribution is -0.123. The first-order valence-corrected chi connectivity index (χ1v) is 8.54. The molecule has 0 saturated carbocycles. The van der Waals surface area contributed by atoms with Gasteiger partial charge in [-0.05, 0) is 37.0 Å². The van der Waals surface area contributed by atoms with E-state index in [1.165, 1.54) is 5.56 Å². The Morgan fingerprint density at radius 2 is 2.04 bits per heavy atom. The van der Waals surface area contributed by atoms with Gasteiger partial charge in [0.15, 0.2) is 0 Å². The minimum atomic E-state index is -0.431. The van der Waals surface area contributed by atoms with Gasteiger partial charge in [0.1, 0.15) is 5.75 Å². The first kappa shape index (κ1) is 20.0. The molecule has 0 radical (unpaired) electrons. The molecule has 0 spiro atoms. The minimum absolute atomic E-state index is 0. The van der Waals surface area contributed by atoms with Crippen molar-refractivity contribution in [3.8, 4) is 5.75 Å². The molecule has 2 unspecified atom stereocenters. The van der Waals surface area contributed by atoms with Gasteiger partial charge < -0.3 is 25.2 Å². The van der Waals surface area contributed by atoms with Crippen LogP contribution in [0.3, 0.4) is 0 Å². The van der Waals surface area contributed by atoms with Crippen LogP contribution >= 0.6 is 12.4 Å². The summed E-state index contributed by atoms with van der Waals surface area (Å²) in [4.78, 5) is 12.4. The van der Waals surface area contributed by atoms with Gasteiger partial charge in [-0.25, -0.2) is 0 Å². The summed E-state index contributed by atoms with van der Waals surface area (Å²) in [6.07, 6.45) is 1.80. The Labute approximate surface area is 154 Å². The predicted molar refractivity (Wildman–Crippen MR) is 97.4 cm³/mol. The zero-order valence-electron chi connectivity index (χ0n) is 14.5. The molecule has 1 aromatic rings. The highest BCUT2D eigenvalue weighted by molar-refractivity contribution is 5.85. The summed E-state index contributed by atoms with van der Waals surface area (Å²) >= 11 is 0. The summed E-state index contributed by atoms with van der Waals surface area (Å²) in [5.41, 5.74) is 1.09. The zero-order valence-corrected chi connectivity index (χ0v) is 15.3. The predicted octanol–water partition coefficient (Wildman–Crippen LogP) is 1.00. The largest absolute Gasteiger partial charge is 0.497 e. The Morgan fingerprint density at radius 1 is 1.36 bits per heavy atom. The first-order chi connectivity index (χ1) is 11.6. The Bertz CT molecular complexity index is 561. The Balaban J connectivity index is 0.00000225. The van der Waals surface area contributed by atoms with Crippen molar-refractivity contribution in [1.82, 2.24) is 10.6 Å². The van der Waals surface area contributed by atoms with Crippen LogP contribution in [0.1, 0.15) is 24.8 Å². The van der Waals surface area contributed by atoms with Crippen LogP contribution in [-0.4, -0.2) is 56.6 Å². The summed E-state index contributed by atoms with van der Waals surface area (Å²) in [5, 5.41) is 15.7. The van der Waals surface area contributed by atoms with Crippen LogP contribution in [0.25, 0.3) is 0 Å². The van der Waals surface area contributed by atoms with E-state index in [1.54, 1.807) is 7.11 Å². The van der Waals surface area contributed by atoms with E-state index in [1.807, 2.05) is 12.1 Å². The van der Waals surface area contributed by atoms with E-state index in [9.17, 15) is 9.90 Å². The number of amides is 1. The normalized spacial score (nSPS) is 25.0. The van der Waals surface area contributed by atoms with Crippen molar-refractivity contribution in [1.29, 1.82) is 0 Å². The number of aliphatic hydroxyl groups excluding tert-OH is 1. The van der Waals surface area contributed by atoms with Gasteiger partial charge in [-0.3, -0.25) is 4.79 Å². The summed E-state index contributed by atoms with van der Waals surface area (Å²) in [6.45, 7) is 2.45. The van der Waals surface area contributed by atoms with Gasteiger partial charge in [0.2, 0.25) is 5.91 Å². The Kier molecular flexibility index (Phi) is 7.07. The van der Waals surface area contributed by atoms with Crippen molar-refractivity contribution in [2.75, 3.05) is 33.4 Å². The number of halogens is 1. The average molecular weight is 371 g/mol. The van der Waals surface area contributed by atoms with Crippen molar-refractivity contribution >= 4 is 18.3 Å². The van der Waals surface area contributed by atoms with Crippen molar-refractivity contribution in [3.63, 3.8) is 0 Å². The summed E-state index contributed by atoms with van der Waals surface area (Å²) in [6, 6.07) is 7.78. The number of carbonyl (C=O) groups excluding carboxylic acids is 1. The highest BCUT2D eigenvalue weighted by Crippen LogP contribution is 2.35. The molecule has 2 saturated heterocycles. The fourth-order valence-corrected chi connectivity index (χ4v) is 3.57. The van der Waals surface area contributed by atoms with E-state index >= 15 is 0 Å². The monoisotopic (exact) mass is 370 g/mol. The molecule has 1 amide bonds. The quantitative estimate of drug-likeness (QED) is 0.720. The third-order valence-corrected chi connectivity index (χ3v) is 5.18. The standard InChI is InChI=1S/C18H26N2O4.ClH/c1-23-15-4-2-13(3-5-15)18(6-8-24-9-7-18)12-20-17(22)16-10-14(21)11-19-16;/h2-5,14,16,19,21H,6-12H2,1H3,(H,20,22);1H. The van der Waals surface area contributed by atoms with Crippen molar-refractivity contribution in [3.05, 3.63) is 29.8 Å². The van der Waals surface area contributed by atoms with Gasteiger partial charge in [-0.15, -0.1) is 12.4 Å². The molecular weight excluding hydrogens is 344 g/mol. The van der Waals surface area contributed by atoms with E-state index < -0.39 is 6.10 Å². The van der Waals surface area contributed by atoms with Gasteiger partial charge in [-0.1, -0.05) is 12.1 Å². The van der Waals surface area contributed by atoms with Gasteiger partial charge in [-0.2, -0.15) is 0 Å². The van der Waals surface area contributed by atoms with Crippen LogP contribution in [0.2, 0.25) is 0 Å². The molecule has 0 aliphatic carbocycles. The van der Waals surface area contributed by atoms with Crippen molar-refractivity contribution in [2.45, 2.75) is 36.8 Å². The summed E-state index contributed by atoms with van der Waals surface area (Å²) in [7, 11) is 1.66. The van der Waals surface area contributed by atoms with Gasteiger partial charge in [0.25, 0.3) is 0 Å². The molecule has 0 bridgehead atoms.